The van der Waals surface area contributed by atoms with E-state index in [4.69, 9.17) is 4.42 Å². The molecule has 0 saturated heterocycles. The Hall–Kier alpha value is -2.79. The predicted molar refractivity (Wildman–Crippen MR) is 106 cm³/mol. The lowest BCUT2D eigenvalue weighted by atomic mass is 10.1. The van der Waals surface area contributed by atoms with Crippen LogP contribution in [0, 0.1) is 0 Å². The molecule has 0 spiro atoms. The normalized spacial score (nSPS) is 11.7. The summed E-state index contributed by atoms with van der Waals surface area (Å²) in [7, 11) is 0. The van der Waals surface area contributed by atoms with Gasteiger partial charge < -0.3 is 9.73 Å². The molecule has 1 amide bonds. The molecule has 3 rings (SSSR count). The topological polar surface area (TPSA) is 55.1 Å². The third-order valence-electron chi connectivity index (χ3n) is 3.76. The zero-order valence-corrected chi connectivity index (χ0v) is 15.3. The Bertz CT molecular complexity index is 819. The van der Waals surface area contributed by atoms with E-state index in [1.54, 1.807) is 6.08 Å². The van der Waals surface area contributed by atoms with E-state index in [0.717, 1.165) is 16.8 Å². The molecule has 0 aliphatic heterocycles. The Morgan fingerprint density at radius 1 is 1.15 bits per heavy atom. The first-order valence-electron chi connectivity index (χ1n) is 8.36. The lowest BCUT2D eigenvalue weighted by Gasteiger charge is -2.07. The summed E-state index contributed by atoms with van der Waals surface area (Å²) < 4.78 is 6.03. The number of oxazole rings is 1. The SMILES string of the molecule is C=CCNC(=O)C(C)Sc1nc(-c2ccccc2)c(-c2ccccc2)o1. The number of nitrogens with one attached hydrogen (secondary N) is 1. The minimum atomic E-state index is -0.319. The fraction of sp³-hybridized carbons (Fsp3) is 0.143. The number of carbonyl (C=O) groups is 1. The lowest BCUT2D eigenvalue weighted by molar-refractivity contribution is -0.120. The van der Waals surface area contributed by atoms with Crippen LogP contribution in [0.1, 0.15) is 6.92 Å². The second-order valence-electron chi connectivity index (χ2n) is 5.68. The van der Waals surface area contributed by atoms with Crippen molar-refractivity contribution in [3.05, 3.63) is 73.3 Å². The highest BCUT2D eigenvalue weighted by Gasteiger charge is 2.21. The molecule has 2 aromatic carbocycles. The van der Waals surface area contributed by atoms with Gasteiger partial charge in [-0.3, -0.25) is 4.79 Å². The highest BCUT2D eigenvalue weighted by molar-refractivity contribution is 8.00. The molecule has 1 heterocycles. The molecule has 0 saturated carbocycles. The summed E-state index contributed by atoms with van der Waals surface area (Å²) in [6.45, 7) is 5.88. The average Bonchev–Trinajstić information content (AvgIpc) is 3.11. The monoisotopic (exact) mass is 364 g/mol. The van der Waals surface area contributed by atoms with Gasteiger partial charge in [-0.05, 0) is 6.92 Å². The summed E-state index contributed by atoms with van der Waals surface area (Å²) in [6.07, 6.45) is 1.65. The second kappa shape index (κ2) is 8.54. The molecular weight excluding hydrogens is 344 g/mol. The van der Waals surface area contributed by atoms with Crippen LogP contribution >= 0.6 is 11.8 Å². The quantitative estimate of drug-likeness (QED) is 0.484. The summed E-state index contributed by atoms with van der Waals surface area (Å²) in [5, 5.41) is 2.95. The van der Waals surface area contributed by atoms with E-state index in [1.807, 2.05) is 67.6 Å². The van der Waals surface area contributed by atoms with Gasteiger partial charge in [0.2, 0.25) is 5.91 Å². The maximum Gasteiger partial charge on any atom is 0.257 e. The summed E-state index contributed by atoms with van der Waals surface area (Å²) >= 11 is 1.30. The molecule has 0 radical (unpaired) electrons. The fourth-order valence-corrected chi connectivity index (χ4v) is 3.22. The first-order chi connectivity index (χ1) is 12.7. The molecule has 132 valence electrons. The summed E-state index contributed by atoms with van der Waals surface area (Å²) in [5.41, 5.74) is 2.71. The van der Waals surface area contributed by atoms with Crippen molar-refractivity contribution >= 4 is 17.7 Å². The van der Waals surface area contributed by atoms with Gasteiger partial charge in [-0.25, -0.2) is 4.98 Å². The number of carbonyl (C=O) groups excluding carboxylic acids is 1. The van der Waals surface area contributed by atoms with E-state index in [2.05, 4.69) is 16.9 Å². The molecule has 1 atom stereocenters. The van der Waals surface area contributed by atoms with Crippen molar-refractivity contribution in [2.45, 2.75) is 17.4 Å². The Balaban J connectivity index is 1.92. The van der Waals surface area contributed by atoms with E-state index in [1.165, 1.54) is 11.8 Å². The zero-order chi connectivity index (χ0) is 18.4. The second-order valence-corrected chi connectivity index (χ2v) is 6.98. The van der Waals surface area contributed by atoms with E-state index in [0.29, 0.717) is 17.5 Å². The van der Waals surface area contributed by atoms with E-state index in [-0.39, 0.29) is 11.2 Å². The average molecular weight is 364 g/mol. The molecule has 1 unspecified atom stereocenters. The number of aromatic nitrogens is 1. The maximum absolute atomic E-state index is 12.1. The summed E-state index contributed by atoms with van der Waals surface area (Å²) in [6, 6.07) is 19.8. The molecule has 0 aliphatic carbocycles. The third kappa shape index (κ3) is 4.24. The number of rotatable bonds is 7. The molecular formula is C21H20N2O2S. The molecule has 0 bridgehead atoms. The first-order valence-corrected chi connectivity index (χ1v) is 9.24. The molecule has 26 heavy (non-hydrogen) atoms. The van der Waals surface area contributed by atoms with Crippen LogP contribution in [0.15, 0.2) is 83.0 Å². The number of benzene rings is 2. The van der Waals surface area contributed by atoms with Crippen LogP contribution in [0.2, 0.25) is 0 Å². The van der Waals surface area contributed by atoms with Crippen molar-refractivity contribution in [3.8, 4) is 22.6 Å². The van der Waals surface area contributed by atoms with Crippen molar-refractivity contribution in [2.75, 3.05) is 6.54 Å². The van der Waals surface area contributed by atoms with Crippen LogP contribution in [0.3, 0.4) is 0 Å². The van der Waals surface area contributed by atoms with Gasteiger partial charge in [0, 0.05) is 17.7 Å². The van der Waals surface area contributed by atoms with Crippen molar-refractivity contribution < 1.29 is 9.21 Å². The zero-order valence-electron chi connectivity index (χ0n) is 14.5. The molecule has 0 fully saturated rings. The van der Waals surface area contributed by atoms with Crippen LogP contribution in [0.5, 0.6) is 0 Å². The van der Waals surface area contributed by atoms with Crippen molar-refractivity contribution in [1.82, 2.24) is 10.3 Å². The van der Waals surface area contributed by atoms with Crippen LogP contribution in [-0.2, 0) is 4.79 Å². The van der Waals surface area contributed by atoms with Crippen LogP contribution in [0.25, 0.3) is 22.6 Å². The van der Waals surface area contributed by atoms with Gasteiger partial charge >= 0.3 is 0 Å². The standard InChI is InChI=1S/C21H20N2O2S/c1-3-14-22-20(24)15(2)26-21-23-18(16-10-6-4-7-11-16)19(25-21)17-12-8-5-9-13-17/h3-13,15H,1,14H2,2H3,(H,22,24). The lowest BCUT2D eigenvalue weighted by Crippen LogP contribution is -2.30. The van der Waals surface area contributed by atoms with Gasteiger partial charge in [-0.15, -0.1) is 6.58 Å². The predicted octanol–water partition coefficient (Wildman–Crippen LogP) is 4.79. The minimum absolute atomic E-state index is 0.0735. The van der Waals surface area contributed by atoms with E-state index < -0.39 is 0 Å². The fourth-order valence-electron chi connectivity index (χ4n) is 2.45. The number of hydrogen-bond donors (Lipinski definition) is 1. The molecule has 5 heteroatoms. The molecule has 1 N–H and O–H groups in total. The third-order valence-corrected chi connectivity index (χ3v) is 4.70. The summed E-state index contributed by atoms with van der Waals surface area (Å²) in [4.78, 5) is 16.7. The van der Waals surface area contributed by atoms with Crippen molar-refractivity contribution in [3.63, 3.8) is 0 Å². The first kappa shape index (κ1) is 18.0. The maximum atomic E-state index is 12.1. The number of amides is 1. The Labute approximate surface area is 157 Å². The van der Waals surface area contributed by atoms with E-state index in [9.17, 15) is 4.79 Å². The van der Waals surface area contributed by atoms with Crippen LogP contribution in [0.4, 0.5) is 0 Å². The Kier molecular flexibility index (Phi) is 5.92. The minimum Gasteiger partial charge on any atom is -0.431 e. The summed E-state index contributed by atoms with van der Waals surface area (Å²) in [5.74, 6) is 0.633. The van der Waals surface area contributed by atoms with E-state index >= 15 is 0 Å². The van der Waals surface area contributed by atoms with Crippen molar-refractivity contribution in [1.29, 1.82) is 0 Å². The van der Waals surface area contributed by atoms with Gasteiger partial charge in [0.25, 0.3) is 5.22 Å². The Morgan fingerprint density at radius 2 is 1.77 bits per heavy atom. The highest BCUT2D eigenvalue weighted by atomic mass is 32.2. The van der Waals surface area contributed by atoms with Crippen LogP contribution in [-0.4, -0.2) is 22.7 Å². The molecule has 3 aromatic rings. The molecule has 0 aliphatic rings. The van der Waals surface area contributed by atoms with Gasteiger partial charge in [0.05, 0.1) is 5.25 Å². The van der Waals surface area contributed by atoms with Crippen molar-refractivity contribution in [2.24, 2.45) is 0 Å². The van der Waals surface area contributed by atoms with Gasteiger partial charge in [0.15, 0.2) is 5.76 Å². The van der Waals surface area contributed by atoms with Gasteiger partial charge in [-0.1, -0.05) is 78.5 Å². The van der Waals surface area contributed by atoms with Crippen LogP contribution < -0.4 is 5.32 Å². The Morgan fingerprint density at radius 3 is 2.38 bits per heavy atom. The largest absolute Gasteiger partial charge is 0.431 e. The smallest absolute Gasteiger partial charge is 0.257 e. The number of thioether (sulfide) groups is 1. The highest BCUT2D eigenvalue weighted by Crippen LogP contribution is 2.36. The molecule has 4 nitrogen and oxygen atoms in total. The number of hydrogen-bond acceptors (Lipinski definition) is 4. The van der Waals surface area contributed by atoms with Gasteiger partial charge in [0.1, 0.15) is 5.69 Å². The molecule has 1 aromatic heterocycles. The number of nitrogens with zero attached hydrogens (tertiary/aromatic N) is 1. The van der Waals surface area contributed by atoms with Gasteiger partial charge in [-0.2, -0.15) is 0 Å².